The van der Waals surface area contributed by atoms with Crippen molar-refractivity contribution in [2.24, 2.45) is 11.3 Å². The minimum absolute atomic E-state index is 0.0381. The van der Waals surface area contributed by atoms with Gasteiger partial charge in [0.2, 0.25) is 11.8 Å². The Hall–Kier alpha value is -1.91. The van der Waals surface area contributed by atoms with Gasteiger partial charge in [-0.15, -0.1) is 0 Å². The molecule has 1 saturated heterocycles. The molecule has 0 radical (unpaired) electrons. The maximum absolute atomic E-state index is 12.6. The predicted octanol–water partition coefficient (Wildman–Crippen LogP) is 3.75. The first-order chi connectivity index (χ1) is 12.8. The van der Waals surface area contributed by atoms with Gasteiger partial charge in [-0.25, -0.2) is 4.98 Å². The number of anilines is 1. The third-order valence-corrected chi connectivity index (χ3v) is 6.45. The normalized spacial score (nSPS) is 17.7. The van der Waals surface area contributed by atoms with Gasteiger partial charge in [0.05, 0.1) is 0 Å². The Morgan fingerprint density at radius 2 is 1.96 bits per heavy atom. The van der Waals surface area contributed by atoms with Crippen molar-refractivity contribution in [3.63, 3.8) is 0 Å². The summed E-state index contributed by atoms with van der Waals surface area (Å²) in [4.78, 5) is 30.8. The Balaban J connectivity index is 1.74. The van der Waals surface area contributed by atoms with Gasteiger partial charge in [-0.1, -0.05) is 20.8 Å². The smallest absolute Gasteiger partial charge is 0.231 e. The number of piperidine rings is 1. The molecular weight excluding hydrogens is 338 g/mol. The number of pyridine rings is 1. The zero-order valence-electron chi connectivity index (χ0n) is 17.2. The lowest BCUT2D eigenvalue weighted by Gasteiger charge is -2.31. The molecule has 0 saturated carbocycles. The maximum Gasteiger partial charge on any atom is 0.231 e. The molecule has 0 spiro atoms. The number of carbonyl (C=O) groups is 2. The Labute approximate surface area is 162 Å². The van der Waals surface area contributed by atoms with Crippen LogP contribution in [0.5, 0.6) is 0 Å². The average molecular weight is 372 g/mol. The first-order valence-corrected chi connectivity index (χ1v) is 10.4. The van der Waals surface area contributed by atoms with E-state index in [2.05, 4.69) is 11.4 Å². The second kappa shape index (κ2) is 7.99. The molecule has 1 fully saturated rings. The minimum Gasteiger partial charge on any atom is -0.343 e. The van der Waals surface area contributed by atoms with Crippen LogP contribution >= 0.6 is 0 Å². The van der Waals surface area contributed by atoms with E-state index in [1.54, 1.807) is 6.92 Å². The van der Waals surface area contributed by atoms with Crippen molar-refractivity contribution >= 4 is 17.6 Å². The van der Waals surface area contributed by atoms with Crippen LogP contribution in [0.2, 0.25) is 0 Å². The van der Waals surface area contributed by atoms with E-state index in [1.807, 2.05) is 25.7 Å². The molecule has 1 aliphatic carbocycles. The van der Waals surface area contributed by atoms with Crippen molar-refractivity contribution in [3.05, 3.63) is 22.9 Å². The van der Waals surface area contributed by atoms with Gasteiger partial charge in [0, 0.05) is 31.1 Å². The number of hydrogen-bond donors (Lipinski definition) is 1. The van der Waals surface area contributed by atoms with Crippen LogP contribution in [-0.2, 0) is 28.9 Å². The number of nitrogens with one attached hydrogen (secondary N) is 1. The van der Waals surface area contributed by atoms with Crippen LogP contribution in [0, 0.1) is 11.3 Å². The SMILES string of the molecule is CCC(C)(C)C(=O)Nc1cc(CC2CCN(C(C)=O)CC2)c2c(n1)CCC2. The Morgan fingerprint density at radius 3 is 2.59 bits per heavy atom. The highest BCUT2D eigenvalue weighted by molar-refractivity contribution is 5.94. The van der Waals surface area contributed by atoms with E-state index in [0.717, 1.165) is 58.0 Å². The van der Waals surface area contributed by atoms with Gasteiger partial charge in [-0.05, 0) is 68.1 Å². The van der Waals surface area contributed by atoms with Gasteiger partial charge >= 0.3 is 0 Å². The molecule has 2 heterocycles. The first-order valence-electron chi connectivity index (χ1n) is 10.4. The van der Waals surface area contributed by atoms with E-state index in [-0.39, 0.29) is 17.2 Å². The van der Waals surface area contributed by atoms with Gasteiger partial charge in [0.25, 0.3) is 0 Å². The molecule has 27 heavy (non-hydrogen) atoms. The van der Waals surface area contributed by atoms with Crippen LogP contribution < -0.4 is 5.32 Å². The number of aryl methyl sites for hydroxylation is 1. The highest BCUT2D eigenvalue weighted by Crippen LogP contribution is 2.31. The number of amides is 2. The molecule has 0 aromatic carbocycles. The molecule has 0 unspecified atom stereocenters. The van der Waals surface area contributed by atoms with Crippen molar-refractivity contribution in [3.8, 4) is 0 Å². The highest BCUT2D eigenvalue weighted by atomic mass is 16.2. The molecule has 2 amide bonds. The molecule has 1 aromatic rings. The van der Waals surface area contributed by atoms with Crippen molar-refractivity contribution in [2.75, 3.05) is 18.4 Å². The average Bonchev–Trinajstić information content (AvgIpc) is 3.11. The van der Waals surface area contributed by atoms with Gasteiger partial charge in [0.15, 0.2) is 0 Å². The topological polar surface area (TPSA) is 62.3 Å². The van der Waals surface area contributed by atoms with Crippen LogP contribution in [0.25, 0.3) is 0 Å². The predicted molar refractivity (Wildman–Crippen MR) is 108 cm³/mol. The van der Waals surface area contributed by atoms with E-state index >= 15 is 0 Å². The fourth-order valence-corrected chi connectivity index (χ4v) is 4.08. The molecule has 5 heteroatoms. The zero-order chi connectivity index (χ0) is 19.6. The van der Waals surface area contributed by atoms with Crippen LogP contribution in [0.4, 0.5) is 5.82 Å². The summed E-state index contributed by atoms with van der Waals surface area (Å²) in [5.74, 6) is 1.53. The van der Waals surface area contributed by atoms with Crippen molar-refractivity contribution < 1.29 is 9.59 Å². The quantitative estimate of drug-likeness (QED) is 0.857. The Morgan fingerprint density at radius 1 is 1.26 bits per heavy atom. The number of likely N-dealkylation sites (tertiary alicyclic amines) is 1. The third kappa shape index (κ3) is 4.50. The molecular formula is C22H33N3O2. The van der Waals surface area contributed by atoms with Gasteiger partial charge in [0.1, 0.15) is 5.82 Å². The summed E-state index contributed by atoms with van der Waals surface area (Å²) in [6.45, 7) is 9.36. The lowest BCUT2D eigenvalue weighted by atomic mass is 9.88. The molecule has 1 aliphatic heterocycles. The summed E-state index contributed by atoms with van der Waals surface area (Å²) in [7, 11) is 0. The number of hydrogen-bond acceptors (Lipinski definition) is 3. The van der Waals surface area contributed by atoms with E-state index in [1.165, 1.54) is 16.8 Å². The number of aromatic nitrogens is 1. The number of rotatable bonds is 5. The fourth-order valence-electron chi connectivity index (χ4n) is 4.08. The van der Waals surface area contributed by atoms with Crippen LogP contribution in [0.15, 0.2) is 6.07 Å². The zero-order valence-corrected chi connectivity index (χ0v) is 17.2. The summed E-state index contributed by atoms with van der Waals surface area (Å²) >= 11 is 0. The Kier molecular flexibility index (Phi) is 5.87. The van der Waals surface area contributed by atoms with Crippen LogP contribution in [0.1, 0.15) is 70.2 Å². The first kappa shape index (κ1) is 19.8. The largest absolute Gasteiger partial charge is 0.343 e. The second-order valence-electron chi connectivity index (χ2n) is 8.79. The molecule has 148 valence electrons. The van der Waals surface area contributed by atoms with Crippen molar-refractivity contribution in [2.45, 2.75) is 72.6 Å². The summed E-state index contributed by atoms with van der Waals surface area (Å²) in [5, 5.41) is 3.06. The van der Waals surface area contributed by atoms with Crippen molar-refractivity contribution in [1.82, 2.24) is 9.88 Å². The maximum atomic E-state index is 12.6. The second-order valence-corrected chi connectivity index (χ2v) is 8.79. The lowest BCUT2D eigenvalue weighted by molar-refractivity contribution is -0.130. The molecule has 3 rings (SSSR count). The molecule has 0 atom stereocenters. The highest BCUT2D eigenvalue weighted by Gasteiger charge is 2.28. The fraction of sp³-hybridized carbons (Fsp3) is 0.682. The van der Waals surface area contributed by atoms with E-state index in [4.69, 9.17) is 4.98 Å². The summed E-state index contributed by atoms with van der Waals surface area (Å²) in [6, 6.07) is 2.10. The molecule has 1 aromatic heterocycles. The van der Waals surface area contributed by atoms with Crippen molar-refractivity contribution in [1.29, 1.82) is 0 Å². The van der Waals surface area contributed by atoms with Gasteiger partial charge < -0.3 is 10.2 Å². The Bertz CT molecular complexity index is 719. The summed E-state index contributed by atoms with van der Waals surface area (Å²) < 4.78 is 0. The van der Waals surface area contributed by atoms with E-state index < -0.39 is 0 Å². The number of fused-ring (bicyclic) bond motifs is 1. The summed E-state index contributed by atoms with van der Waals surface area (Å²) in [5.41, 5.74) is 3.53. The molecule has 5 nitrogen and oxygen atoms in total. The van der Waals surface area contributed by atoms with E-state index in [0.29, 0.717) is 11.7 Å². The van der Waals surface area contributed by atoms with E-state index in [9.17, 15) is 9.59 Å². The molecule has 2 aliphatic rings. The summed E-state index contributed by atoms with van der Waals surface area (Å²) in [6.07, 6.45) is 7.19. The number of nitrogens with zero attached hydrogens (tertiary/aromatic N) is 2. The van der Waals surface area contributed by atoms with Crippen LogP contribution in [0.3, 0.4) is 0 Å². The van der Waals surface area contributed by atoms with Crippen LogP contribution in [-0.4, -0.2) is 34.8 Å². The minimum atomic E-state index is -0.389. The van der Waals surface area contributed by atoms with Gasteiger partial charge in [-0.3, -0.25) is 9.59 Å². The van der Waals surface area contributed by atoms with Gasteiger partial charge in [-0.2, -0.15) is 0 Å². The number of carbonyl (C=O) groups excluding carboxylic acids is 2. The third-order valence-electron chi connectivity index (χ3n) is 6.45. The lowest BCUT2D eigenvalue weighted by Crippen LogP contribution is -2.37. The monoisotopic (exact) mass is 371 g/mol. The standard InChI is InChI=1S/C22H33N3O2/c1-5-22(3,4)21(27)24-20-14-17(18-7-6-8-19(18)23-20)13-16-9-11-25(12-10-16)15(2)26/h14,16H,5-13H2,1-4H3,(H,23,24,27). The molecule has 0 bridgehead atoms. The molecule has 1 N–H and O–H groups in total.